The Kier molecular flexibility index (Phi) is 3.77. The van der Waals surface area contributed by atoms with Crippen LogP contribution in [0.15, 0.2) is 0 Å². The van der Waals surface area contributed by atoms with Crippen LogP contribution < -0.4 is 10.6 Å². The minimum absolute atomic E-state index is 0.239. The van der Waals surface area contributed by atoms with Gasteiger partial charge in [0.1, 0.15) is 6.04 Å². The van der Waals surface area contributed by atoms with Crippen LogP contribution in [0.4, 0.5) is 0 Å². The van der Waals surface area contributed by atoms with Gasteiger partial charge in [0.2, 0.25) is 5.91 Å². The second-order valence-corrected chi connectivity index (χ2v) is 4.64. The summed E-state index contributed by atoms with van der Waals surface area (Å²) in [5.74, 6) is -0.562. The van der Waals surface area contributed by atoms with Gasteiger partial charge in [0.05, 0.1) is 11.4 Å². The maximum absolute atomic E-state index is 11.5. The molecule has 1 aliphatic rings. The summed E-state index contributed by atoms with van der Waals surface area (Å²) in [4.78, 5) is 21.9. The van der Waals surface area contributed by atoms with Crippen LogP contribution in [0.5, 0.6) is 0 Å². The van der Waals surface area contributed by atoms with Crippen molar-refractivity contribution in [3.63, 3.8) is 0 Å². The molecule has 0 spiro atoms. The number of rotatable bonds is 3. The summed E-state index contributed by atoms with van der Waals surface area (Å²) < 4.78 is 0. The van der Waals surface area contributed by atoms with E-state index in [1.54, 1.807) is 11.8 Å². The first-order chi connectivity index (χ1) is 6.50. The van der Waals surface area contributed by atoms with E-state index in [2.05, 4.69) is 10.6 Å². The topological polar surface area (TPSA) is 78.4 Å². The van der Waals surface area contributed by atoms with Crippen molar-refractivity contribution < 1.29 is 14.7 Å². The Hall–Kier alpha value is -0.750. The smallest absolute Gasteiger partial charge is 0.325 e. The van der Waals surface area contributed by atoms with Crippen molar-refractivity contribution in [2.75, 3.05) is 5.75 Å². The number of hydrogen-bond acceptors (Lipinski definition) is 4. The fourth-order valence-corrected chi connectivity index (χ4v) is 2.14. The second kappa shape index (κ2) is 4.65. The van der Waals surface area contributed by atoms with Gasteiger partial charge in [-0.05, 0) is 13.8 Å². The maximum atomic E-state index is 11.5. The highest BCUT2D eigenvalue weighted by Gasteiger charge is 2.28. The molecule has 1 rings (SSSR count). The van der Waals surface area contributed by atoms with Gasteiger partial charge in [-0.25, -0.2) is 0 Å². The largest absolute Gasteiger partial charge is 0.480 e. The lowest BCUT2D eigenvalue weighted by atomic mass is 10.2. The third-order valence-corrected chi connectivity index (χ3v) is 3.16. The maximum Gasteiger partial charge on any atom is 0.325 e. The van der Waals surface area contributed by atoms with Crippen LogP contribution >= 0.6 is 11.8 Å². The van der Waals surface area contributed by atoms with Crippen LogP contribution in [0.3, 0.4) is 0 Å². The fourth-order valence-electron chi connectivity index (χ4n) is 1.15. The van der Waals surface area contributed by atoms with Crippen molar-refractivity contribution in [2.24, 2.45) is 0 Å². The summed E-state index contributed by atoms with van der Waals surface area (Å²) in [6.45, 7) is 3.42. The van der Waals surface area contributed by atoms with E-state index >= 15 is 0 Å². The van der Waals surface area contributed by atoms with E-state index in [0.717, 1.165) is 0 Å². The molecule has 5 nitrogen and oxygen atoms in total. The molecule has 6 heteroatoms. The van der Waals surface area contributed by atoms with Crippen molar-refractivity contribution in [1.82, 2.24) is 10.6 Å². The Labute approximate surface area is 86.6 Å². The molecule has 1 aliphatic heterocycles. The van der Waals surface area contributed by atoms with E-state index in [1.165, 1.54) is 6.92 Å². The number of carbonyl (C=O) groups is 2. The molecule has 1 amide bonds. The minimum atomic E-state index is -1.02. The quantitative estimate of drug-likeness (QED) is 0.602. The van der Waals surface area contributed by atoms with Gasteiger partial charge in [-0.1, -0.05) is 0 Å². The summed E-state index contributed by atoms with van der Waals surface area (Å²) in [7, 11) is 0. The Morgan fingerprint density at radius 2 is 2.29 bits per heavy atom. The van der Waals surface area contributed by atoms with E-state index in [-0.39, 0.29) is 17.3 Å². The highest BCUT2D eigenvalue weighted by molar-refractivity contribution is 8.00. The first-order valence-electron chi connectivity index (χ1n) is 4.41. The van der Waals surface area contributed by atoms with Crippen LogP contribution in [-0.2, 0) is 9.59 Å². The number of aliphatic carboxylic acids is 1. The number of carboxylic acid groups (broad SMARTS) is 1. The number of hydrogen-bond donors (Lipinski definition) is 3. The zero-order valence-corrected chi connectivity index (χ0v) is 8.93. The van der Waals surface area contributed by atoms with Gasteiger partial charge in [-0.2, -0.15) is 0 Å². The predicted octanol–water partition coefficient (Wildman–Crippen LogP) is -0.373. The molecule has 0 aromatic carbocycles. The molecule has 0 aliphatic carbocycles. The molecule has 0 aromatic rings. The van der Waals surface area contributed by atoms with E-state index in [9.17, 15) is 9.59 Å². The average Bonchev–Trinajstić information content (AvgIpc) is 2.51. The summed E-state index contributed by atoms with van der Waals surface area (Å²) in [6.07, 6.45) is 0. The molecular formula is C8H14N2O3S. The van der Waals surface area contributed by atoms with Crippen LogP contribution in [0.2, 0.25) is 0 Å². The number of amides is 1. The molecule has 3 atom stereocenters. The zero-order valence-electron chi connectivity index (χ0n) is 8.11. The third kappa shape index (κ3) is 2.88. The molecular weight excluding hydrogens is 204 g/mol. The number of thioether (sulfide) groups is 1. The summed E-state index contributed by atoms with van der Waals surface area (Å²) >= 11 is 1.65. The van der Waals surface area contributed by atoms with Gasteiger partial charge in [0.15, 0.2) is 0 Å². The SMILES string of the molecule is CC1NC(C(=O)NC(C)C(=O)O)CS1. The van der Waals surface area contributed by atoms with Crippen LogP contribution in [0.1, 0.15) is 13.8 Å². The number of carboxylic acids is 1. The Morgan fingerprint density at radius 1 is 1.64 bits per heavy atom. The van der Waals surface area contributed by atoms with Gasteiger partial charge in [0.25, 0.3) is 0 Å². The van der Waals surface area contributed by atoms with Gasteiger partial charge in [0, 0.05) is 5.75 Å². The molecule has 0 bridgehead atoms. The molecule has 0 saturated carbocycles. The Balaban J connectivity index is 2.39. The van der Waals surface area contributed by atoms with Crippen molar-refractivity contribution in [2.45, 2.75) is 31.3 Å². The van der Waals surface area contributed by atoms with Crippen molar-refractivity contribution in [1.29, 1.82) is 0 Å². The Bertz CT molecular complexity index is 247. The van der Waals surface area contributed by atoms with Crippen molar-refractivity contribution in [3.8, 4) is 0 Å². The van der Waals surface area contributed by atoms with Crippen molar-refractivity contribution >= 4 is 23.6 Å². The molecule has 3 N–H and O–H groups in total. The molecule has 1 fully saturated rings. The van der Waals surface area contributed by atoms with E-state index in [1.807, 2.05) is 6.92 Å². The summed E-state index contributed by atoms with van der Waals surface area (Å²) in [6, 6.07) is -1.10. The first-order valence-corrected chi connectivity index (χ1v) is 5.46. The van der Waals surface area contributed by atoms with E-state index in [4.69, 9.17) is 5.11 Å². The lowest BCUT2D eigenvalue weighted by Gasteiger charge is -2.13. The zero-order chi connectivity index (χ0) is 10.7. The highest BCUT2D eigenvalue weighted by Crippen LogP contribution is 2.17. The van der Waals surface area contributed by atoms with Gasteiger partial charge in [-0.15, -0.1) is 11.8 Å². The van der Waals surface area contributed by atoms with Crippen LogP contribution in [0.25, 0.3) is 0 Å². The fraction of sp³-hybridized carbons (Fsp3) is 0.750. The molecule has 1 heterocycles. The van der Waals surface area contributed by atoms with Gasteiger partial charge >= 0.3 is 5.97 Å². The molecule has 14 heavy (non-hydrogen) atoms. The predicted molar refractivity (Wildman–Crippen MR) is 54.1 cm³/mol. The Morgan fingerprint density at radius 3 is 2.71 bits per heavy atom. The molecule has 1 saturated heterocycles. The summed E-state index contributed by atoms with van der Waals surface area (Å²) in [5.41, 5.74) is 0. The first kappa shape index (κ1) is 11.3. The minimum Gasteiger partial charge on any atom is -0.480 e. The molecule has 80 valence electrons. The third-order valence-electron chi connectivity index (χ3n) is 1.99. The number of carbonyl (C=O) groups excluding carboxylic acids is 1. The molecule has 0 aromatic heterocycles. The standard InChI is InChI=1S/C8H14N2O3S/c1-4(8(12)13)9-7(11)6-3-14-5(2)10-6/h4-6,10H,3H2,1-2H3,(H,9,11)(H,12,13). The van der Waals surface area contributed by atoms with Crippen molar-refractivity contribution in [3.05, 3.63) is 0 Å². The van der Waals surface area contributed by atoms with E-state index < -0.39 is 12.0 Å². The van der Waals surface area contributed by atoms with Crippen LogP contribution in [0, 0.1) is 0 Å². The lowest BCUT2D eigenvalue weighted by molar-refractivity contribution is -0.141. The van der Waals surface area contributed by atoms with Gasteiger partial charge < -0.3 is 10.4 Å². The second-order valence-electron chi connectivity index (χ2n) is 3.26. The monoisotopic (exact) mass is 218 g/mol. The molecule has 3 unspecified atom stereocenters. The van der Waals surface area contributed by atoms with Crippen LogP contribution in [-0.4, -0.2) is 40.2 Å². The summed E-state index contributed by atoms with van der Waals surface area (Å²) in [5, 5.41) is 14.3. The molecule has 0 radical (unpaired) electrons. The number of nitrogens with one attached hydrogen (secondary N) is 2. The highest BCUT2D eigenvalue weighted by atomic mass is 32.2. The normalized spacial score (nSPS) is 28.4. The lowest BCUT2D eigenvalue weighted by Crippen LogP contribution is -2.48. The van der Waals surface area contributed by atoms with E-state index in [0.29, 0.717) is 5.75 Å². The average molecular weight is 218 g/mol. The van der Waals surface area contributed by atoms with Gasteiger partial charge in [-0.3, -0.25) is 14.9 Å².